The van der Waals surface area contributed by atoms with Crippen molar-refractivity contribution < 1.29 is 9.53 Å². The van der Waals surface area contributed by atoms with E-state index in [1.807, 2.05) is 0 Å². The number of amides is 1. The molecule has 1 fully saturated rings. The summed E-state index contributed by atoms with van der Waals surface area (Å²) in [6.07, 6.45) is -0.559. The maximum atomic E-state index is 10.8. The van der Waals surface area contributed by atoms with Crippen LogP contribution in [-0.4, -0.2) is 21.7 Å². The monoisotopic (exact) mass is 191 g/mol. The summed E-state index contributed by atoms with van der Waals surface area (Å²) in [5.74, 6) is 0. The van der Waals surface area contributed by atoms with Crippen molar-refractivity contribution >= 4 is 34.0 Å². The summed E-state index contributed by atoms with van der Waals surface area (Å²) in [5, 5.41) is 0.994. The minimum atomic E-state index is -0.477. The number of rotatable bonds is 1. The number of nitrogens with zero attached hydrogens (tertiary/aromatic N) is 1. The second-order valence-corrected chi connectivity index (χ2v) is 4.77. The van der Waals surface area contributed by atoms with E-state index in [1.54, 1.807) is 37.4 Å². The van der Waals surface area contributed by atoms with Crippen molar-refractivity contribution in [1.82, 2.24) is 0 Å². The van der Waals surface area contributed by atoms with Crippen molar-refractivity contribution in [1.29, 1.82) is 0 Å². The first kappa shape index (κ1) is 8.93. The molecule has 0 saturated carbocycles. The lowest BCUT2D eigenvalue weighted by Gasteiger charge is -2.12. The normalized spacial score (nSPS) is 16.1. The zero-order chi connectivity index (χ0) is 8.27. The van der Waals surface area contributed by atoms with E-state index in [-0.39, 0.29) is 6.10 Å². The SMILES string of the molecule is CC(C)OC(=O)N=C1SCS1. The van der Waals surface area contributed by atoms with Crippen molar-refractivity contribution in [3.05, 3.63) is 0 Å². The van der Waals surface area contributed by atoms with Crippen LogP contribution in [0.4, 0.5) is 4.79 Å². The van der Waals surface area contributed by atoms with Crippen molar-refractivity contribution in [3.8, 4) is 0 Å². The third-order valence-electron chi connectivity index (χ3n) is 0.884. The van der Waals surface area contributed by atoms with E-state index in [2.05, 4.69) is 4.99 Å². The molecule has 1 rings (SSSR count). The number of carbonyl (C=O) groups excluding carboxylic acids is 1. The van der Waals surface area contributed by atoms with Gasteiger partial charge in [0.15, 0.2) is 0 Å². The van der Waals surface area contributed by atoms with Gasteiger partial charge in [0, 0.05) is 0 Å². The Morgan fingerprint density at radius 1 is 1.64 bits per heavy atom. The molecule has 1 amide bonds. The Kier molecular flexibility index (Phi) is 3.26. The van der Waals surface area contributed by atoms with E-state index in [0.29, 0.717) is 0 Å². The van der Waals surface area contributed by atoms with Crippen LogP contribution in [0.3, 0.4) is 0 Å². The Hall–Kier alpha value is -0.160. The summed E-state index contributed by atoms with van der Waals surface area (Å²) in [6.45, 7) is 3.61. The fraction of sp³-hybridized carbons (Fsp3) is 0.667. The number of ether oxygens (including phenoxy) is 1. The van der Waals surface area contributed by atoms with E-state index in [9.17, 15) is 4.79 Å². The first-order valence-corrected chi connectivity index (χ1v) is 5.20. The van der Waals surface area contributed by atoms with Gasteiger partial charge in [0.2, 0.25) is 0 Å². The zero-order valence-corrected chi connectivity index (χ0v) is 8.00. The highest BCUT2D eigenvalue weighted by molar-refractivity contribution is 8.52. The van der Waals surface area contributed by atoms with Crippen LogP contribution < -0.4 is 0 Å². The van der Waals surface area contributed by atoms with Crippen molar-refractivity contribution in [2.45, 2.75) is 20.0 Å². The summed E-state index contributed by atoms with van der Waals surface area (Å²) >= 11 is 3.15. The van der Waals surface area contributed by atoms with Crippen LogP contribution in [0.2, 0.25) is 0 Å². The number of carbonyl (C=O) groups is 1. The molecule has 0 spiro atoms. The molecule has 1 saturated heterocycles. The molecule has 0 atom stereocenters. The van der Waals surface area contributed by atoms with Crippen molar-refractivity contribution in [2.24, 2.45) is 4.99 Å². The molecule has 1 aliphatic rings. The van der Waals surface area contributed by atoms with Crippen LogP contribution in [0, 0.1) is 0 Å². The van der Waals surface area contributed by atoms with E-state index < -0.39 is 6.09 Å². The van der Waals surface area contributed by atoms with E-state index >= 15 is 0 Å². The van der Waals surface area contributed by atoms with Gasteiger partial charge in [-0.3, -0.25) is 0 Å². The standard InChI is InChI=1S/C6H9NO2S2/c1-4(2)9-5(8)7-6-10-3-11-6/h4H,3H2,1-2H3. The van der Waals surface area contributed by atoms with Crippen LogP contribution in [-0.2, 0) is 4.74 Å². The molecular weight excluding hydrogens is 182 g/mol. The van der Waals surface area contributed by atoms with Gasteiger partial charge >= 0.3 is 6.09 Å². The van der Waals surface area contributed by atoms with Gasteiger partial charge in [-0.1, -0.05) is 23.5 Å². The van der Waals surface area contributed by atoms with Gasteiger partial charge in [-0.2, -0.15) is 4.99 Å². The third kappa shape index (κ3) is 3.16. The predicted molar refractivity (Wildman–Crippen MR) is 49.1 cm³/mol. The van der Waals surface area contributed by atoms with Crippen molar-refractivity contribution in [3.63, 3.8) is 0 Å². The van der Waals surface area contributed by atoms with E-state index in [1.165, 1.54) is 0 Å². The average Bonchev–Trinajstić information content (AvgIpc) is 1.77. The van der Waals surface area contributed by atoms with Crippen molar-refractivity contribution in [2.75, 3.05) is 5.08 Å². The zero-order valence-electron chi connectivity index (χ0n) is 6.36. The van der Waals surface area contributed by atoms with Gasteiger partial charge in [-0.05, 0) is 13.8 Å². The topological polar surface area (TPSA) is 38.7 Å². The smallest absolute Gasteiger partial charge is 0.435 e. The number of hydrogen-bond acceptors (Lipinski definition) is 4. The van der Waals surface area contributed by atoms with Gasteiger partial charge in [0.05, 0.1) is 11.2 Å². The van der Waals surface area contributed by atoms with Gasteiger partial charge in [-0.25, -0.2) is 4.79 Å². The fourth-order valence-electron chi connectivity index (χ4n) is 0.479. The molecule has 0 unspecified atom stereocenters. The summed E-state index contributed by atoms with van der Waals surface area (Å²) in [6, 6.07) is 0. The Bertz CT molecular complexity index is 185. The Balaban J connectivity index is 2.30. The molecule has 5 heteroatoms. The van der Waals surface area contributed by atoms with Gasteiger partial charge < -0.3 is 4.74 Å². The van der Waals surface area contributed by atoms with E-state index in [0.717, 1.165) is 9.46 Å². The maximum Gasteiger partial charge on any atom is 0.435 e. The summed E-state index contributed by atoms with van der Waals surface area (Å²) in [4.78, 5) is 14.5. The number of hydrogen-bond donors (Lipinski definition) is 0. The maximum absolute atomic E-state index is 10.8. The molecule has 11 heavy (non-hydrogen) atoms. The Morgan fingerprint density at radius 3 is 2.64 bits per heavy atom. The third-order valence-corrected chi connectivity index (χ3v) is 3.21. The molecule has 1 aliphatic heterocycles. The molecule has 0 aromatic heterocycles. The predicted octanol–water partition coefficient (Wildman–Crippen LogP) is 2.32. The van der Waals surface area contributed by atoms with Gasteiger partial charge in [0.25, 0.3) is 0 Å². The minimum Gasteiger partial charge on any atom is -0.445 e. The summed E-state index contributed by atoms with van der Waals surface area (Å²) < 4.78 is 5.62. The lowest BCUT2D eigenvalue weighted by Crippen LogP contribution is -2.10. The first-order chi connectivity index (χ1) is 5.18. The molecular formula is C6H9NO2S2. The lowest BCUT2D eigenvalue weighted by molar-refractivity contribution is 0.126. The second kappa shape index (κ2) is 4.01. The lowest BCUT2D eigenvalue weighted by atomic mass is 10.5. The summed E-state index contributed by atoms with van der Waals surface area (Å²) in [7, 11) is 0. The van der Waals surface area contributed by atoms with Crippen LogP contribution in [0.1, 0.15) is 13.8 Å². The van der Waals surface area contributed by atoms with Crippen LogP contribution in [0.5, 0.6) is 0 Å². The molecule has 0 aromatic rings. The second-order valence-electron chi connectivity index (χ2n) is 2.22. The molecule has 3 nitrogen and oxygen atoms in total. The highest BCUT2D eigenvalue weighted by Gasteiger charge is 2.14. The van der Waals surface area contributed by atoms with Crippen LogP contribution in [0.15, 0.2) is 4.99 Å². The molecule has 0 N–H and O–H groups in total. The average molecular weight is 191 g/mol. The Labute approximate surface area is 74.0 Å². The molecule has 0 aliphatic carbocycles. The molecule has 62 valence electrons. The Morgan fingerprint density at radius 2 is 2.27 bits per heavy atom. The summed E-state index contributed by atoms with van der Waals surface area (Å²) in [5.41, 5.74) is 0. The molecule has 0 radical (unpaired) electrons. The largest absolute Gasteiger partial charge is 0.445 e. The fourth-order valence-corrected chi connectivity index (χ4v) is 1.65. The minimum absolute atomic E-state index is 0.0815. The molecule has 0 bridgehead atoms. The molecule has 1 heterocycles. The van der Waals surface area contributed by atoms with Crippen LogP contribution in [0.25, 0.3) is 0 Å². The number of thioether (sulfide) groups is 2. The molecule has 0 aromatic carbocycles. The quantitative estimate of drug-likeness (QED) is 0.637. The highest BCUT2D eigenvalue weighted by atomic mass is 32.3. The van der Waals surface area contributed by atoms with Crippen LogP contribution >= 0.6 is 23.5 Å². The number of aliphatic imine (C=N–C) groups is 1. The first-order valence-electron chi connectivity index (χ1n) is 3.23. The van der Waals surface area contributed by atoms with Gasteiger partial charge in [-0.15, -0.1) is 0 Å². The van der Waals surface area contributed by atoms with Gasteiger partial charge in [0.1, 0.15) is 4.38 Å². The highest BCUT2D eigenvalue weighted by Crippen LogP contribution is 2.32. The van der Waals surface area contributed by atoms with E-state index in [4.69, 9.17) is 4.74 Å².